The molecule has 31 heavy (non-hydrogen) atoms. The van der Waals surface area contributed by atoms with Crippen LogP contribution in [0.1, 0.15) is 40.5 Å². The third-order valence-electron chi connectivity index (χ3n) is 6.50. The van der Waals surface area contributed by atoms with Gasteiger partial charge >= 0.3 is 0 Å². The van der Waals surface area contributed by atoms with Crippen molar-refractivity contribution in [2.24, 2.45) is 5.92 Å². The van der Waals surface area contributed by atoms with E-state index in [-0.39, 0.29) is 23.8 Å². The average Bonchev–Trinajstić information content (AvgIpc) is 3.33. The Morgan fingerprint density at radius 1 is 0.968 bits per heavy atom. The van der Waals surface area contributed by atoms with Crippen LogP contribution in [0.15, 0.2) is 66.0 Å². The molecule has 4 nitrogen and oxygen atoms in total. The number of hydrogen-bond donors (Lipinski definition) is 0. The lowest BCUT2D eigenvalue weighted by atomic mass is 9.85. The van der Waals surface area contributed by atoms with Crippen LogP contribution >= 0.6 is 11.3 Å². The van der Waals surface area contributed by atoms with E-state index in [1.807, 2.05) is 58.5 Å². The Bertz CT molecular complexity index is 1090. The molecule has 3 aromatic rings. The van der Waals surface area contributed by atoms with E-state index < -0.39 is 0 Å². The van der Waals surface area contributed by atoms with Crippen molar-refractivity contribution in [1.29, 1.82) is 0 Å². The predicted molar refractivity (Wildman–Crippen MR) is 124 cm³/mol. The number of carbonyl (C=O) groups excluding carboxylic acids is 2. The highest BCUT2D eigenvalue weighted by Crippen LogP contribution is 2.42. The van der Waals surface area contributed by atoms with E-state index in [0.29, 0.717) is 19.4 Å². The van der Waals surface area contributed by atoms with Crippen molar-refractivity contribution in [3.8, 4) is 0 Å². The Morgan fingerprint density at radius 3 is 2.48 bits per heavy atom. The van der Waals surface area contributed by atoms with Crippen LogP contribution in [0.2, 0.25) is 0 Å². The minimum atomic E-state index is -0.256. The smallest absolute Gasteiger partial charge is 0.228 e. The highest BCUT2D eigenvalue weighted by molar-refractivity contribution is 7.10. The zero-order chi connectivity index (χ0) is 21.4. The second-order valence-electron chi connectivity index (χ2n) is 8.48. The molecule has 1 fully saturated rings. The van der Waals surface area contributed by atoms with Crippen molar-refractivity contribution in [2.75, 3.05) is 11.4 Å². The van der Waals surface area contributed by atoms with Gasteiger partial charge in [-0.2, -0.15) is 0 Å². The maximum absolute atomic E-state index is 13.8. The molecule has 2 aliphatic heterocycles. The number of amides is 2. The number of anilines is 1. The van der Waals surface area contributed by atoms with Gasteiger partial charge in [0.2, 0.25) is 11.8 Å². The number of hydrogen-bond acceptors (Lipinski definition) is 3. The molecule has 5 rings (SSSR count). The number of thiophene rings is 1. The van der Waals surface area contributed by atoms with Gasteiger partial charge < -0.3 is 9.80 Å². The summed E-state index contributed by atoms with van der Waals surface area (Å²) in [5.74, 6) is 0.0238. The molecule has 0 spiro atoms. The van der Waals surface area contributed by atoms with E-state index in [1.54, 1.807) is 11.3 Å². The van der Waals surface area contributed by atoms with Gasteiger partial charge in [0.1, 0.15) is 0 Å². The van der Waals surface area contributed by atoms with Crippen LogP contribution < -0.4 is 4.90 Å². The summed E-state index contributed by atoms with van der Waals surface area (Å²) in [5, 5.41) is 2.03. The first-order valence-corrected chi connectivity index (χ1v) is 11.8. The third-order valence-corrected chi connectivity index (χ3v) is 7.45. The van der Waals surface area contributed by atoms with Gasteiger partial charge in [-0.15, -0.1) is 11.3 Å². The lowest BCUT2D eigenvalue weighted by molar-refractivity contribution is -0.139. The fourth-order valence-electron chi connectivity index (χ4n) is 4.86. The van der Waals surface area contributed by atoms with E-state index in [9.17, 15) is 9.59 Å². The van der Waals surface area contributed by atoms with Crippen LogP contribution in [-0.4, -0.2) is 23.3 Å². The molecule has 0 aliphatic carbocycles. The molecule has 1 aromatic heterocycles. The maximum Gasteiger partial charge on any atom is 0.228 e. The molecule has 2 aromatic carbocycles. The number of rotatable bonds is 3. The maximum atomic E-state index is 13.8. The van der Waals surface area contributed by atoms with Crippen LogP contribution in [-0.2, 0) is 22.6 Å². The van der Waals surface area contributed by atoms with Gasteiger partial charge in [-0.05, 0) is 54.5 Å². The summed E-state index contributed by atoms with van der Waals surface area (Å²) in [4.78, 5) is 31.8. The van der Waals surface area contributed by atoms with E-state index in [4.69, 9.17) is 0 Å². The van der Waals surface area contributed by atoms with Crippen molar-refractivity contribution < 1.29 is 9.59 Å². The van der Waals surface area contributed by atoms with Gasteiger partial charge in [-0.1, -0.05) is 48.0 Å². The molecular formula is C26H26N2O2S. The summed E-state index contributed by atoms with van der Waals surface area (Å²) in [6, 6.07) is 20.2. The van der Waals surface area contributed by atoms with Gasteiger partial charge in [-0.3, -0.25) is 9.59 Å². The topological polar surface area (TPSA) is 40.6 Å². The molecule has 5 heteroatoms. The molecule has 2 aliphatic rings. The summed E-state index contributed by atoms with van der Waals surface area (Å²) in [5.41, 5.74) is 4.59. The number of aryl methyl sites for hydroxylation is 1. The van der Waals surface area contributed by atoms with Crippen LogP contribution in [0.3, 0.4) is 0 Å². The van der Waals surface area contributed by atoms with E-state index in [2.05, 4.69) is 24.3 Å². The molecular weight excluding hydrogens is 404 g/mol. The SMILES string of the molecule is Cc1ccc(N2C(=O)CCC(C(=O)N3CCc4ccccc4C3)C2c2cccs2)cc1. The van der Waals surface area contributed by atoms with Crippen molar-refractivity contribution in [2.45, 2.75) is 38.8 Å². The fourth-order valence-corrected chi connectivity index (χ4v) is 5.74. The monoisotopic (exact) mass is 430 g/mol. The van der Waals surface area contributed by atoms with Crippen LogP contribution in [0.5, 0.6) is 0 Å². The first-order chi connectivity index (χ1) is 15.1. The molecule has 1 saturated heterocycles. The predicted octanol–water partition coefficient (Wildman–Crippen LogP) is 5.13. The summed E-state index contributed by atoms with van der Waals surface area (Å²) < 4.78 is 0. The Labute approximate surface area is 187 Å². The van der Waals surface area contributed by atoms with Crippen LogP contribution in [0, 0.1) is 12.8 Å². The lowest BCUT2D eigenvalue weighted by Crippen LogP contribution is -2.50. The highest BCUT2D eigenvalue weighted by Gasteiger charge is 2.43. The van der Waals surface area contributed by atoms with Crippen molar-refractivity contribution in [3.05, 3.63) is 87.6 Å². The number of carbonyl (C=O) groups is 2. The Kier molecular flexibility index (Phi) is 5.36. The molecule has 0 radical (unpaired) electrons. The highest BCUT2D eigenvalue weighted by atomic mass is 32.1. The minimum Gasteiger partial charge on any atom is -0.338 e. The van der Waals surface area contributed by atoms with E-state index in [1.165, 1.54) is 11.1 Å². The minimum absolute atomic E-state index is 0.0929. The molecule has 158 valence electrons. The lowest BCUT2D eigenvalue weighted by Gasteiger charge is -2.42. The number of fused-ring (bicyclic) bond motifs is 1. The molecule has 2 amide bonds. The van der Waals surface area contributed by atoms with E-state index >= 15 is 0 Å². The summed E-state index contributed by atoms with van der Waals surface area (Å²) in [6.45, 7) is 3.43. The van der Waals surface area contributed by atoms with Crippen LogP contribution in [0.4, 0.5) is 5.69 Å². The molecule has 0 bridgehead atoms. The van der Waals surface area contributed by atoms with Crippen molar-refractivity contribution >= 4 is 28.8 Å². The quantitative estimate of drug-likeness (QED) is 0.578. The van der Waals surface area contributed by atoms with Crippen LogP contribution in [0.25, 0.3) is 0 Å². The normalized spacial score (nSPS) is 21.1. The average molecular weight is 431 g/mol. The van der Waals surface area contributed by atoms with E-state index in [0.717, 1.165) is 29.1 Å². The van der Waals surface area contributed by atoms with Gasteiger partial charge in [-0.25, -0.2) is 0 Å². The second-order valence-corrected chi connectivity index (χ2v) is 9.46. The number of benzene rings is 2. The first-order valence-electron chi connectivity index (χ1n) is 10.9. The summed E-state index contributed by atoms with van der Waals surface area (Å²) in [7, 11) is 0. The van der Waals surface area contributed by atoms with Gasteiger partial charge in [0, 0.05) is 30.1 Å². The molecule has 0 saturated carbocycles. The standard InChI is InChI=1S/C26H26N2O2S/c1-18-8-10-21(11-9-18)28-24(29)13-12-22(25(28)23-7-4-16-31-23)26(30)27-15-14-19-5-2-3-6-20(19)17-27/h2-11,16,22,25H,12-15,17H2,1H3. The van der Waals surface area contributed by atoms with Crippen molar-refractivity contribution in [3.63, 3.8) is 0 Å². The molecule has 0 N–H and O–H groups in total. The second kappa shape index (κ2) is 8.31. The molecule has 2 unspecified atom stereocenters. The molecule has 3 heterocycles. The largest absolute Gasteiger partial charge is 0.338 e. The zero-order valence-electron chi connectivity index (χ0n) is 17.7. The van der Waals surface area contributed by atoms with Gasteiger partial charge in [0.05, 0.1) is 12.0 Å². The van der Waals surface area contributed by atoms with Gasteiger partial charge in [0.25, 0.3) is 0 Å². The Balaban J connectivity index is 1.49. The first kappa shape index (κ1) is 20.0. The Hall–Kier alpha value is -2.92. The summed E-state index contributed by atoms with van der Waals surface area (Å²) in [6.07, 6.45) is 1.89. The Morgan fingerprint density at radius 2 is 1.74 bits per heavy atom. The fraction of sp³-hybridized carbons (Fsp3) is 0.308. The number of piperidine rings is 1. The summed E-state index contributed by atoms with van der Waals surface area (Å²) >= 11 is 1.62. The molecule has 2 atom stereocenters. The third kappa shape index (κ3) is 3.79. The zero-order valence-corrected chi connectivity index (χ0v) is 18.5. The number of nitrogens with zero attached hydrogens (tertiary/aromatic N) is 2. The van der Waals surface area contributed by atoms with Gasteiger partial charge in [0.15, 0.2) is 0 Å². The van der Waals surface area contributed by atoms with Crippen molar-refractivity contribution in [1.82, 2.24) is 4.90 Å².